The predicted octanol–water partition coefficient (Wildman–Crippen LogP) is 4.38. The molecular formula is C17H16Cl4N2O4S2. The maximum Gasteiger partial charge on any atom is 0.244 e. The Morgan fingerprint density at radius 3 is 1.72 bits per heavy atom. The highest BCUT2D eigenvalue weighted by Gasteiger charge is 2.39. The Bertz CT molecular complexity index is 1160. The Kier molecular flexibility index (Phi) is 6.78. The van der Waals surface area contributed by atoms with Crippen molar-refractivity contribution in [1.82, 2.24) is 8.61 Å². The average molecular weight is 518 g/mol. The molecule has 0 aromatic heterocycles. The standard InChI is InChI=1S/C17H16Cl4N2O4S2/c1-11-10-22(28(24,25)16-4-2-12(18)8-14(16)20)6-7-23(11)29(26,27)17-5-3-13(19)9-15(17)21/h2-5,8-9,11H,6-7,10H2,1H3/t11-/m1/s1. The molecule has 0 N–H and O–H groups in total. The summed E-state index contributed by atoms with van der Waals surface area (Å²) in [6.07, 6.45) is 0. The topological polar surface area (TPSA) is 74.8 Å². The van der Waals surface area contributed by atoms with Gasteiger partial charge in [0.05, 0.1) is 10.0 Å². The van der Waals surface area contributed by atoms with E-state index in [-0.39, 0.29) is 39.5 Å². The van der Waals surface area contributed by atoms with Crippen LogP contribution >= 0.6 is 46.4 Å². The Hall–Kier alpha value is -0.580. The normalized spacial score (nSPS) is 19.4. The molecular weight excluding hydrogens is 502 g/mol. The Balaban J connectivity index is 1.87. The summed E-state index contributed by atoms with van der Waals surface area (Å²) in [6, 6.07) is 7.62. The van der Waals surface area contributed by atoms with Crippen molar-refractivity contribution >= 4 is 66.5 Å². The second kappa shape index (κ2) is 8.51. The van der Waals surface area contributed by atoms with Crippen LogP contribution in [0.1, 0.15) is 6.92 Å². The zero-order valence-corrected chi connectivity index (χ0v) is 19.7. The van der Waals surface area contributed by atoms with Crippen molar-refractivity contribution in [3.8, 4) is 0 Å². The summed E-state index contributed by atoms with van der Waals surface area (Å²) in [6.45, 7) is 1.53. The van der Waals surface area contributed by atoms with Crippen molar-refractivity contribution in [2.24, 2.45) is 0 Å². The Morgan fingerprint density at radius 2 is 1.28 bits per heavy atom. The molecule has 0 radical (unpaired) electrons. The van der Waals surface area contributed by atoms with Crippen LogP contribution in [0.3, 0.4) is 0 Å². The molecule has 2 aromatic carbocycles. The zero-order chi connectivity index (χ0) is 21.6. The zero-order valence-electron chi connectivity index (χ0n) is 15.0. The first-order valence-corrected chi connectivity index (χ1v) is 12.8. The summed E-state index contributed by atoms with van der Waals surface area (Å²) < 4.78 is 54.5. The van der Waals surface area contributed by atoms with E-state index in [1.807, 2.05) is 0 Å². The van der Waals surface area contributed by atoms with Crippen LogP contribution < -0.4 is 0 Å². The number of rotatable bonds is 4. The van der Waals surface area contributed by atoms with Crippen molar-refractivity contribution < 1.29 is 16.8 Å². The highest BCUT2D eigenvalue weighted by molar-refractivity contribution is 7.89. The van der Waals surface area contributed by atoms with Gasteiger partial charge in [0.1, 0.15) is 9.79 Å². The average Bonchev–Trinajstić information content (AvgIpc) is 2.60. The van der Waals surface area contributed by atoms with Crippen LogP contribution in [0, 0.1) is 0 Å². The van der Waals surface area contributed by atoms with E-state index in [4.69, 9.17) is 46.4 Å². The van der Waals surface area contributed by atoms with Crippen LogP contribution in [0.2, 0.25) is 20.1 Å². The lowest BCUT2D eigenvalue weighted by Crippen LogP contribution is -2.55. The molecule has 1 heterocycles. The van der Waals surface area contributed by atoms with Crippen LogP contribution in [-0.4, -0.2) is 51.1 Å². The maximum atomic E-state index is 13.0. The Labute approximate surface area is 190 Å². The van der Waals surface area contributed by atoms with Gasteiger partial charge in [0.25, 0.3) is 0 Å². The van der Waals surface area contributed by atoms with Gasteiger partial charge in [-0.05, 0) is 43.3 Å². The summed E-state index contributed by atoms with van der Waals surface area (Å²) in [5, 5.41) is 0.650. The molecule has 2 aromatic rings. The molecule has 3 rings (SSSR count). The van der Waals surface area contributed by atoms with E-state index in [1.165, 1.54) is 45.0 Å². The van der Waals surface area contributed by atoms with Gasteiger partial charge in [-0.3, -0.25) is 0 Å². The second-order valence-corrected chi connectivity index (χ2v) is 11.9. The predicted molar refractivity (Wildman–Crippen MR) is 115 cm³/mol. The molecule has 0 amide bonds. The summed E-state index contributed by atoms with van der Waals surface area (Å²) in [7, 11) is -7.84. The van der Waals surface area contributed by atoms with E-state index < -0.39 is 26.1 Å². The largest absolute Gasteiger partial charge is 0.244 e. The quantitative estimate of drug-likeness (QED) is 0.603. The molecule has 1 aliphatic rings. The number of halogens is 4. The molecule has 0 bridgehead atoms. The summed E-state index contributed by atoms with van der Waals surface area (Å²) in [4.78, 5) is -0.153. The minimum Gasteiger partial charge on any atom is -0.207 e. The lowest BCUT2D eigenvalue weighted by Gasteiger charge is -2.38. The lowest BCUT2D eigenvalue weighted by atomic mass is 10.3. The summed E-state index contributed by atoms with van der Waals surface area (Å²) in [5.41, 5.74) is 0. The third-order valence-electron chi connectivity index (χ3n) is 4.52. The van der Waals surface area contributed by atoms with Crippen molar-refractivity contribution in [1.29, 1.82) is 0 Å². The molecule has 0 aliphatic carbocycles. The molecule has 158 valence electrons. The molecule has 1 atom stereocenters. The van der Waals surface area contributed by atoms with E-state index >= 15 is 0 Å². The molecule has 1 fully saturated rings. The highest BCUT2D eigenvalue weighted by Crippen LogP contribution is 2.32. The molecule has 0 unspecified atom stereocenters. The second-order valence-electron chi connectivity index (χ2n) is 6.48. The highest BCUT2D eigenvalue weighted by atomic mass is 35.5. The van der Waals surface area contributed by atoms with Crippen LogP contribution in [0.15, 0.2) is 46.2 Å². The first-order valence-electron chi connectivity index (χ1n) is 8.36. The number of sulfonamides is 2. The van der Waals surface area contributed by atoms with Crippen molar-refractivity contribution in [2.75, 3.05) is 19.6 Å². The molecule has 12 heteroatoms. The van der Waals surface area contributed by atoms with Crippen LogP contribution in [0.5, 0.6) is 0 Å². The Morgan fingerprint density at radius 1 is 0.793 bits per heavy atom. The van der Waals surface area contributed by atoms with Gasteiger partial charge in [-0.25, -0.2) is 16.8 Å². The van der Waals surface area contributed by atoms with Gasteiger partial charge < -0.3 is 0 Å². The van der Waals surface area contributed by atoms with E-state index in [0.29, 0.717) is 10.0 Å². The van der Waals surface area contributed by atoms with Crippen LogP contribution in [0.25, 0.3) is 0 Å². The van der Waals surface area contributed by atoms with Crippen LogP contribution in [0.4, 0.5) is 0 Å². The minimum atomic E-state index is -3.93. The first-order chi connectivity index (χ1) is 13.4. The number of hydrogen-bond donors (Lipinski definition) is 0. The lowest BCUT2D eigenvalue weighted by molar-refractivity contribution is 0.212. The van der Waals surface area contributed by atoms with Gasteiger partial charge >= 0.3 is 0 Å². The van der Waals surface area contributed by atoms with E-state index in [9.17, 15) is 16.8 Å². The molecule has 0 saturated carbocycles. The SMILES string of the molecule is C[C@@H]1CN(S(=O)(=O)c2ccc(Cl)cc2Cl)CCN1S(=O)(=O)c1ccc(Cl)cc1Cl. The number of benzene rings is 2. The van der Waals surface area contributed by atoms with Gasteiger partial charge in [-0.2, -0.15) is 8.61 Å². The first kappa shape index (κ1) is 23.1. The van der Waals surface area contributed by atoms with E-state index in [2.05, 4.69) is 0 Å². The maximum absolute atomic E-state index is 13.0. The molecule has 29 heavy (non-hydrogen) atoms. The van der Waals surface area contributed by atoms with Crippen molar-refractivity contribution in [3.63, 3.8) is 0 Å². The third-order valence-corrected chi connectivity index (χ3v) is 9.84. The molecule has 1 aliphatic heterocycles. The number of hydrogen-bond acceptors (Lipinski definition) is 4. The third kappa shape index (κ3) is 4.55. The van der Waals surface area contributed by atoms with Crippen molar-refractivity contribution in [2.45, 2.75) is 22.8 Å². The molecule has 0 spiro atoms. The van der Waals surface area contributed by atoms with Crippen LogP contribution in [-0.2, 0) is 20.0 Å². The summed E-state index contributed by atoms with van der Waals surface area (Å²) >= 11 is 23.8. The van der Waals surface area contributed by atoms with Gasteiger partial charge in [0.2, 0.25) is 20.0 Å². The van der Waals surface area contributed by atoms with Gasteiger partial charge in [0, 0.05) is 35.7 Å². The van der Waals surface area contributed by atoms with E-state index in [0.717, 1.165) is 0 Å². The fourth-order valence-corrected chi connectivity index (χ4v) is 7.74. The minimum absolute atomic E-state index is 0.00713. The summed E-state index contributed by atoms with van der Waals surface area (Å²) in [5.74, 6) is 0. The molecule has 6 nitrogen and oxygen atoms in total. The number of nitrogens with zero attached hydrogens (tertiary/aromatic N) is 2. The monoisotopic (exact) mass is 516 g/mol. The molecule has 1 saturated heterocycles. The van der Waals surface area contributed by atoms with Crippen molar-refractivity contribution in [3.05, 3.63) is 56.5 Å². The number of piperazine rings is 1. The smallest absolute Gasteiger partial charge is 0.207 e. The van der Waals surface area contributed by atoms with Gasteiger partial charge in [-0.1, -0.05) is 46.4 Å². The van der Waals surface area contributed by atoms with Gasteiger partial charge in [-0.15, -0.1) is 0 Å². The van der Waals surface area contributed by atoms with Gasteiger partial charge in [0.15, 0.2) is 0 Å². The fraction of sp³-hybridized carbons (Fsp3) is 0.294. The van der Waals surface area contributed by atoms with E-state index in [1.54, 1.807) is 6.92 Å². The fourth-order valence-electron chi connectivity index (χ4n) is 3.12.